The molecule has 0 aromatic rings. The quantitative estimate of drug-likeness (QED) is 0.745. The van der Waals surface area contributed by atoms with Crippen LogP contribution in [0.1, 0.15) is 25.7 Å². The van der Waals surface area contributed by atoms with Crippen LogP contribution in [0.5, 0.6) is 0 Å². The van der Waals surface area contributed by atoms with E-state index in [1.807, 2.05) is 4.90 Å². The van der Waals surface area contributed by atoms with E-state index >= 15 is 0 Å². The van der Waals surface area contributed by atoms with Crippen LogP contribution in [0.3, 0.4) is 0 Å². The fourth-order valence-corrected chi connectivity index (χ4v) is 2.62. The monoisotopic (exact) mass is 275 g/mol. The highest BCUT2D eigenvalue weighted by Crippen LogP contribution is 2.21. The summed E-state index contributed by atoms with van der Waals surface area (Å²) >= 11 is 0. The Morgan fingerprint density at radius 3 is 2.67 bits per heavy atom. The van der Waals surface area contributed by atoms with Gasteiger partial charge in [-0.2, -0.15) is 0 Å². The lowest BCUT2D eigenvalue weighted by Gasteiger charge is -2.35. The standard InChI is InChI=1S/C12H21N3O2.ClH/c1-14-6-4-9(7-11(14)16)12(17)15-5-2-3-10(13)8-15;/h9-10H,2-8,13H2,1H3;1H. The third-order valence-corrected chi connectivity index (χ3v) is 3.78. The van der Waals surface area contributed by atoms with E-state index in [1.54, 1.807) is 11.9 Å². The van der Waals surface area contributed by atoms with Gasteiger partial charge < -0.3 is 15.5 Å². The molecule has 0 bridgehead atoms. The van der Waals surface area contributed by atoms with Crippen LogP contribution in [0.2, 0.25) is 0 Å². The van der Waals surface area contributed by atoms with Gasteiger partial charge in [-0.15, -0.1) is 12.4 Å². The topological polar surface area (TPSA) is 66.6 Å². The molecule has 0 radical (unpaired) electrons. The Bertz CT molecular complexity index is 324. The summed E-state index contributed by atoms with van der Waals surface area (Å²) in [4.78, 5) is 27.4. The minimum atomic E-state index is -0.121. The highest BCUT2D eigenvalue weighted by molar-refractivity contribution is 5.87. The van der Waals surface area contributed by atoms with E-state index in [0.717, 1.165) is 25.8 Å². The van der Waals surface area contributed by atoms with Gasteiger partial charge in [0.05, 0.1) is 0 Å². The maximum Gasteiger partial charge on any atom is 0.226 e. The van der Waals surface area contributed by atoms with Gasteiger partial charge in [-0.05, 0) is 19.3 Å². The Hall–Kier alpha value is -0.810. The van der Waals surface area contributed by atoms with Crippen LogP contribution >= 0.6 is 12.4 Å². The number of carbonyl (C=O) groups excluding carboxylic acids is 2. The molecule has 2 saturated heterocycles. The van der Waals surface area contributed by atoms with Gasteiger partial charge in [-0.25, -0.2) is 0 Å². The molecular formula is C12H22ClN3O2. The minimum absolute atomic E-state index is 0. The summed E-state index contributed by atoms with van der Waals surface area (Å²) < 4.78 is 0. The molecule has 2 aliphatic rings. The molecule has 2 N–H and O–H groups in total. The fraction of sp³-hybridized carbons (Fsp3) is 0.833. The Kier molecular flexibility index (Phi) is 5.41. The first-order chi connectivity index (χ1) is 8.08. The summed E-state index contributed by atoms with van der Waals surface area (Å²) in [6.07, 6.45) is 3.12. The molecule has 0 aromatic carbocycles. The average molecular weight is 276 g/mol. The van der Waals surface area contributed by atoms with Crippen molar-refractivity contribution in [1.29, 1.82) is 0 Å². The maximum atomic E-state index is 12.3. The first-order valence-corrected chi connectivity index (χ1v) is 6.36. The number of carbonyl (C=O) groups is 2. The molecule has 0 spiro atoms. The Morgan fingerprint density at radius 1 is 1.33 bits per heavy atom. The van der Waals surface area contributed by atoms with Crippen molar-refractivity contribution >= 4 is 24.2 Å². The number of amides is 2. The van der Waals surface area contributed by atoms with Gasteiger partial charge in [-0.3, -0.25) is 9.59 Å². The third kappa shape index (κ3) is 3.36. The van der Waals surface area contributed by atoms with Gasteiger partial charge in [0.25, 0.3) is 0 Å². The fourth-order valence-electron chi connectivity index (χ4n) is 2.62. The SMILES string of the molecule is CN1CCC(C(=O)N2CCCC(N)C2)CC1=O.Cl. The predicted octanol–water partition coefficient (Wildman–Crippen LogP) is 0.226. The van der Waals surface area contributed by atoms with E-state index in [1.165, 1.54) is 0 Å². The molecule has 2 amide bonds. The number of hydrogen-bond donors (Lipinski definition) is 1. The molecule has 2 heterocycles. The highest BCUT2D eigenvalue weighted by atomic mass is 35.5. The number of halogens is 1. The van der Waals surface area contributed by atoms with Crippen LogP contribution in [0, 0.1) is 5.92 Å². The molecule has 0 saturated carbocycles. The lowest BCUT2D eigenvalue weighted by molar-refractivity contribution is -0.145. The summed E-state index contributed by atoms with van der Waals surface area (Å²) in [7, 11) is 1.79. The van der Waals surface area contributed by atoms with Crippen LogP contribution < -0.4 is 5.73 Å². The zero-order valence-corrected chi connectivity index (χ0v) is 11.6. The van der Waals surface area contributed by atoms with E-state index in [2.05, 4.69) is 0 Å². The van der Waals surface area contributed by atoms with E-state index in [4.69, 9.17) is 5.73 Å². The molecule has 2 atom stereocenters. The molecule has 2 fully saturated rings. The molecule has 2 rings (SSSR count). The lowest BCUT2D eigenvalue weighted by Crippen LogP contribution is -2.50. The van der Waals surface area contributed by atoms with Gasteiger partial charge in [0, 0.05) is 45.1 Å². The second-order valence-electron chi connectivity index (χ2n) is 5.19. The van der Waals surface area contributed by atoms with Crippen molar-refractivity contribution in [2.45, 2.75) is 31.7 Å². The average Bonchev–Trinajstić information content (AvgIpc) is 2.32. The van der Waals surface area contributed by atoms with Crippen molar-refractivity contribution < 1.29 is 9.59 Å². The molecule has 2 unspecified atom stereocenters. The van der Waals surface area contributed by atoms with Gasteiger partial charge in [-0.1, -0.05) is 0 Å². The Labute approximate surface area is 114 Å². The first kappa shape index (κ1) is 15.2. The van der Waals surface area contributed by atoms with Crippen molar-refractivity contribution in [2.24, 2.45) is 11.7 Å². The van der Waals surface area contributed by atoms with Crippen molar-refractivity contribution in [2.75, 3.05) is 26.7 Å². The minimum Gasteiger partial charge on any atom is -0.346 e. The predicted molar refractivity (Wildman–Crippen MR) is 71.4 cm³/mol. The molecular weight excluding hydrogens is 254 g/mol. The first-order valence-electron chi connectivity index (χ1n) is 6.36. The van der Waals surface area contributed by atoms with Gasteiger partial charge >= 0.3 is 0 Å². The molecule has 2 aliphatic heterocycles. The molecule has 6 heteroatoms. The highest BCUT2D eigenvalue weighted by Gasteiger charge is 2.32. The molecule has 0 aliphatic carbocycles. The summed E-state index contributed by atoms with van der Waals surface area (Å²) in [5.41, 5.74) is 5.87. The largest absolute Gasteiger partial charge is 0.346 e. The summed E-state index contributed by atoms with van der Waals surface area (Å²) in [6, 6.07) is 0.106. The second kappa shape index (κ2) is 6.38. The molecule has 18 heavy (non-hydrogen) atoms. The Balaban J connectivity index is 0.00000162. The lowest BCUT2D eigenvalue weighted by atomic mass is 9.93. The second-order valence-corrected chi connectivity index (χ2v) is 5.19. The van der Waals surface area contributed by atoms with Crippen LogP contribution in [-0.4, -0.2) is 54.3 Å². The molecule has 104 valence electrons. The van der Waals surface area contributed by atoms with E-state index in [-0.39, 0.29) is 36.2 Å². The van der Waals surface area contributed by atoms with Crippen molar-refractivity contribution in [1.82, 2.24) is 9.80 Å². The van der Waals surface area contributed by atoms with E-state index in [9.17, 15) is 9.59 Å². The molecule has 0 aromatic heterocycles. The maximum absolute atomic E-state index is 12.3. The zero-order valence-electron chi connectivity index (χ0n) is 10.8. The van der Waals surface area contributed by atoms with Crippen LogP contribution in [-0.2, 0) is 9.59 Å². The van der Waals surface area contributed by atoms with Crippen molar-refractivity contribution in [3.05, 3.63) is 0 Å². The number of nitrogens with zero attached hydrogens (tertiary/aromatic N) is 2. The Morgan fingerprint density at radius 2 is 2.06 bits per heavy atom. The van der Waals surface area contributed by atoms with Crippen molar-refractivity contribution in [3.63, 3.8) is 0 Å². The number of likely N-dealkylation sites (tertiary alicyclic amines) is 2. The summed E-state index contributed by atoms with van der Waals surface area (Å²) in [5.74, 6) is 0.0847. The van der Waals surface area contributed by atoms with Crippen LogP contribution in [0.15, 0.2) is 0 Å². The van der Waals surface area contributed by atoms with Crippen LogP contribution in [0.25, 0.3) is 0 Å². The van der Waals surface area contributed by atoms with Gasteiger partial charge in [0.15, 0.2) is 0 Å². The smallest absolute Gasteiger partial charge is 0.226 e. The van der Waals surface area contributed by atoms with Gasteiger partial charge in [0.2, 0.25) is 11.8 Å². The third-order valence-electron chi connectivity index (χ3n) is 3.78. The summed E-state index contributed by atoms with van der Waals surface area (Å²) in [5, 5.41) is 0. The van der Waals surface area contributed by atoms with Gasteiger partial charge in [0.1, 0.15) is 0 Å². The number of piperidine rings is 2. The number of nitrogens with two attached hydrogens (primary N) is 1. The van der Waals surface area contributed by atoms with Crippen LogP contribution in [0.4, 0.5) is 0 Å². The summed E-state index contributed by atoms with van der Waals surface area (Å²) in [6.45, 7) is 2.14. The molecule has 5 nitrogen and oxygen atoms in total. The zero-order chi connectivity index (χ0) is 12.4. The van der Waals surface area contributed by atoms with E-state index in [0.29, 0.717) is 19.5 Å². The normalized spacial score (nSPS) is 28.9. The van der Waals surface area contributed by atoms with E-state index < -0.39 is 0 Å². The number of rotatable bonds is 1. The van der Waals surface area contributed by atoms with Crippen molar-refractivity contribution in [3.8, 4) is 0 Å². The number of hydrogen-bond acceptors (Lipinski definition) is 3.